The molecule has 0 heterocycles. The molecule has 0 radical (unpaired) electrons. The van der Waals surface area contributed by atoms with Gasteiger partial charge in [-0.05, 0) is 12.8 Å². The maximum absolute atomic E-state index is 10.2. The van der Waals surface area contributed by atoms with Gasteiger partial charge in [-0.25, -0.2) is 0 Å². The Morgan fingerprint density at radius 1 is 0.517 bits per heavy atom. The van der Waals surface area contributed by atoms with Crippen LogP contribution in [-0.4, -0.2) is 58.1 Å². The summed E-state index contributed by atoms with van der Waals surface area (Å²) in [4.78, 5) is 0. The van der Waals surface area contributed by atoms with Gasteiger partial charge in [0.05, 0.1) is 25.4 Å². The van der Waals surface area contributed by atoms with Crippen molar-refractivity contribution in [3.8, 4) is 0 Å². The summed E-state index contributed by atoms with van der Waals surface area (Å²) in [5.41, 5.74) is 0. The molecule has 0 aromatic rings. The van der Waals surface area contributed by atoms with Gasteiger partial charge in [0.1, 0.15) is 12.2 Å². The quantitative estimate of drug-likeness (QED) is 0.191. The fraction of sp³-hybridized carbons (Fsp3) is 1.00. The van der Waals surface area contributed by atoms with Crippen molar-refractivity contribution in [1.82, 2.24) is 0 Å². The topological polar surface area (TPSA) is 90.2 Å². The minimum Gasteiger partial charge on any atom is -0.394 e. The van der Waals surface area contributed by atoms with Crippen LogP contribution in [0.2, 0.25) is 0 Å². The molecule has 0 saturated heterocycles. The lowest BCUT2D eigenvalue weighted by molar-refractivity contribution is -0.137. The highest BCUT2D eigenvalue weighted by molar-refractivity contribution is 4.75. The molecule has 0 aliphatic heterocycles. The van der Waals surface area contributed by atoms with Gasteiger partial charge in [-0.3, -0.25) is 0 Å². The number of aliphatic hydroxyl groups is 4. The number of unbranched alkanes of at least 4 members (excludes halogenated alkanes) is 12. The van der Waals surface area contributed by atoms with E-state index in [1.807, 2.05) is 0 Å². The third-order valence-electron chi connectivity index (χ3n) is 5.77. The minimum atomic E-state index is -0.947. The average molecular weight is 419 g/mol. The molecule has 4 unspecified atom stereocenters. The van der Waals surface area contributed by atoms with E-state index in [4.69, 9.17) is 4.74 Å². The molecule has 5 heteroatoms. The van der Waals surface area contributed by atoms with Crippen LogP contribution in [-0.2, 0) is 4.74 Å². The number of aliphatic hydroxyl groups excluding tert-OH is 4. The Balaban J connectivity index is 4.33. The standard InChI is InChI=1S/C24H50O5/c1-3-5-7-9-11-13-15-17-23(21(27)19-25)29-24(22(28)20-26)18-16-14-12-10-8-6-4-2/h21-28H,3-20H2,1-2H3. The van der Waals surface area contributed by atoms with Crippen LogP contribution in [0.1, 0.15) is 117 Å². The van der Waals surface area contributed by atoms with Crippen LogP contribution < -0.4 is 0 Å². The van der Waals surface area contributed by atoms with E-state index in [1.165, 1.54) is 64.2 Å². The molecule has 5 nitrogen and oxygen atoms in total. The molecule has 0 aliphatic rings. The van der Waals surface area contributed by atoms with Gasteiger partial charge in [0.15, 0.2) is 0 Å². The Morgan fingerprint density at radius 2 is 0.828 bits per heavy atom. The van der Waals surface area contributed by atoms with Crippen molar-refractivity contribution in [2.75, 3.05) is 13.2 Å². The van der Waals surface area contributed by atoms with Crippen LogP contribution in [0.25, 0.3) is 0 Å². The predicted octanol–water partition coefficient (Wildman–Crippen LogP) is 4.73. The summed E-state index contributed by atoms with van der Waals surface area (Å²) in [6, 6.07) is 0. The molecule has 0 amide bonds. The molecule has 4 atom stereocenters. The highest BCUT2D eigenvalue weighted by Gasteiger charge is 2.27. The summed E-state index contributed by atoms with van der Waals surface area (Å²) in [6.45, 7) is 3.73. The summed E-state index contributed by atoms with van der Waals surface area (Å²) in [5.74, 6) is 0. The lowest BCUT2D eigenvalue weighted by Crippen LogP contribution is -2.41. The van der Waals surface area contributed by atoms with Crippen molar-refractivity contribution < 1.29 is 25.2 Å². The van der Waals surface area contributed by atoms with Gasteiger partial charge in [-0.2, -0.15) is 0 Å². The second-order valence-electron chi connectivity index (χ2n) is 8.53. The first-order chi connectivity index (χ1) is 14.1. The zero-order valence-corrected chi connectivity index (χ0v) is 19.2. The molecule has 4 N–H and O–H groups in total. The molecule has 176 valence electrons. The number of rotatable bonds is 22. The first-order valence-corrected chi connectivity index (χ1v) is 12.3. The number of hydrogen-bond acceptors (Lipinski definition) is 5. The van der Waals surface area contributed by atoms with Crippen molar-refractivity contribution >= 4 is 0 Å². The van der Waals surface area contributed by atoms with E-state index >= 15 is 0 Å². The highest BCUT2D eigenvalue weighted by Crippen LogP contribution is 2.20. The van der Waals surface area contributed by atoms with Crippen LogP contribution in [0.4, 0.5) is 0 Å². The van der Waals surface area contributed by atoms with E-state index in [0.29, 0.717) is 12.8 Å². The zero-order chi connectivity index (χ0) is 21.7. The molecule has 0 rings (SSSR count). The molecule has 0 bridgehead atoms. The molecule has 0 fully saturated rings. The van der Waals surface area contributed by atoms with Crippen LogP contribution in [0.5, 0.6) is 0 Å². The lowest BCUT2D eigenvalue weighted by atomic mass is 10.0. The van der Waals surface area contributed by atoms with E-state index in [2.05, 4.69) is 13.8 Å². The molecule has 0 aromatic heterocycles. The van der Waals surface area contributed by atoms with E-state index in [9.17, 15) is 20.4 Å². The van der Waals surface area contributed by atoms with Gasteiger partial charge in [-0.1, -0.05) is 104 Å². The van der Waals surface area contributed by atoms with Gasteiger partial charge >= 0.3 is 0 Å². The SMILES string of the molecule is CCCCCCCCCC(OC(CCCCCCCCC)C(O)CO)C(O)CO. The smallest absolute Gasteiger partial charge is 0.103 e. The fourth-order valence-electron chi connectivity index (χ4n) is 3.77. The van der Waals surface area contributed by atoms with E-state index in [0.717, 1.165) is 25.7 Å². The Morgan fingerprint density at radius 3 is 1.14 bits per heavy atom. The Hall–Kier alpha value is -0.200. The molecule has 0 aromatic carbocycles. The highest BCUT2D eigenvalue weighted by atomic mass is 16.5. The van der Waals surface area contributed by atoms with Crippen molar-refractivity contribution in [3.63, 3.8) is 0 Å². The maximum atomic E-state index is 10.2. The monoisotopic (exact) mass is 418 g/mol. The van der Waals surface area contributed by atoms with Gasteiger partial charge in [0.2, 0.25) is 0 Å². The zero-order valence-electron chi connectivity index (χ0n) is 19.2. The van der Waals surface area contributed by atoms with Crippen LogP contribution in [0.3, 0.4) is 0 Å². The third kappa shape index (κ3) is 16.2. The van der Waals surface area contributed by atoms with E-state index in [-0.39, 0.29) is 13.2 Å². The third-order valence-corrected chi connectivity index (χ3v) is 5.77. The molecule has 0 saturated carbocycles. The summed E-state index contributed by atoms with van der Waals surface area (Å²) >= 11 is 0. The molecule has 29 heavy (non-hydrogen) atoms. The average Bonchev–Trinajstić information content (AvgIpc) is 2.74. The first-order valence-electron chi connectivity index (χ1n) is 12.3. The minimum absolute atomic E-state index is 0.347. The van der Waals surface area contributed by atoms with Crippen molar-refractivity contribution in [3.05, 3.63) is 0 Å². The lowest BCUT2D eigenvalue weighted by Gasteiger charge is -2.30. The molecule has 0 aliphatic carbocycles. The second kappa shape index (κ2) is 21.0. The fourth-order valence-corrected chi connectivity index (χ4v) is 3.77. The van der Waals surface area contributed by atoms with Crippen molar-refractivity contribution in [1.29, 1.82) is 0 Å². The summed E-state index contributed by atoms with van der Waals surface area (Å²) in [5, 5.41) is 39.1. The molecular weight excluding hydrogens is 368 g/mol. The first kappa shape index (κ1) is 28.8. The Kier molecular flexibility index (Phi) is 20.9. The van der Waals surface area contributed by atoms with Crippen LogP contribution in [0.15, 0.2) is 0 Å². The van der Waals surface area contributed by atoms with Crippen LogP contribution >= 0.6 is 0 Å². The van der Waals surface area contributed by atoms with Crippen molar-refractivity contribution in [2.24, 2.45) is 0 Å². The van der Waals surface area contributed by atoms with Gasteiger partial charge < -0.3 is 25.2 Å². The predicted molar refractivity (Wildman–Crippen MR) is 120 cm³/mol. The summed E-state index contributed by atoms with van der Waals surface area (Å²) in [7, 11) is 0. The van der Waals surface area contributed by atoms with Crippen molar-refractivity contribution in [2.45, 2.75) is 141 Å². The molecular formula is C24H50O5. The van der Waals surface area contributed by atoms with Gasteiger partial charge in [0, 0.05) is 0 Å². The summed E-state index contributed by atoms with van der Waals surface area (Å²) < 4.78 is 6.03. The van der Waals surface area contributed by atoms with E-state index in [1.54, 1.807) is 0 Å². The Bertz CT molecular complexity index is 296. The van der Waals surface area contributed by atoms with E-state index < -0.39 is 24.4 Å². The number of hydrogen-bond donors (Lipinski definition) is 4. The maximum Gasteiger partial charge on any atom is 0.103 e. The normalized spacial score (nSPS) is 15.9. The molecule has 0 spiro atoms. The second-order valence-corrected chi connectivity index (χ2v) is 8.53. The van der Waals surface area contributed by atoms with Crippen LogP contribution in [0, 0.1) is 0 Å². The Labute approximate surface area is 179 Å². The largest absolute Gasteiger partial charge is 0.394 e. The van der Waals surface area contributed by atoms with Gasteiger partial charge in [-0.15, -0.1) is 0 Å². The number of ether oxygens (including phenoxy) is 1. The summed E-state index contributed by atoms with van der Waals surface area (Å²) in [6.07, 6.45) is 15.0. The van der Waals surface area contributed by atoms with Gasteiger partial charge in [0.25, 0.3) is 0 Å².